The van der Waals surface area contributed by atoms with Gasteiger partial charge in [-0.05, 0) is 49.2 Å². The van der Waals surface area contributed by atoms with Gasteiger partial charge in [0.2, 0.25) is 5.91 Å². The van der Waals surface area contributed by atoms with Gasteiger partial charge in [-0.3, -0.25) is 14.6 Å². The molecule has 0 aliphatic carbocycles. The molecule has 0 spiro atoms. The smallest absolute Gasteiger partial charge is 0.220 e. The summed E-state index contributed by atoms with van der Waals surface area (Å²) in [6.07, 6.45) is 3.61. The van der Waals surface area contributed by atoms with Gasteiger partial charge < -0.3 is 5.32 Å². The van der Waals surface area contributed by atoms with Crippen molar-refractivity contribution in [2.75, 3.05) is 6.54 Å². The number of Topliss-reactive ketones (excluding diaryl/α,β-unsaturated/α-hetero) is 1. The Balaban J connectivity index is 1.63. The van der Waals surface area contributed by atoms with Crippen LogP contribution in [-0.2, 0) is 11.2 Å². The van der Waals surface area contributed by atoms with Crippen LogP contribution in [0.4, 0.5) is 4.39 Å². The largest absolute Gasteiger partial charge is 0.356 e. The maximum absolute atomic E-state index is 12.8. The summed E-state index contributed by atoms with van der Waals surface area (Å²) in [7, 11) is 0. The number of hydrogen-bond acceptors (Lipinski definition) is 3. The van der Waals surface area contributed by atoms with Gasteiger partial charge >= 0.3 is 0 Å². The minimum atomic E-state index is -0.382. The van der Waals surface area contributed by atoms with Crippen molar-refractivity contribution in [2.24, 2.45) is 0 Å². The Morgan fingerprint density at radius 3 is 2.52 bits per heavy atom. The highest BCUT2D eigenvalue weighted by molar-refractivity contribution is 5.97. The van der Waals surface area contributed by atoms with Crippen LogP contribution in [0.3, 0.4) is 0 Å². The lowest BCUT2D eigenvalue weighted by atomic mass is 10.1. The number of pyridine rings is 1. The van der Waals surface area contributed by atoms with Crippen molar-refractivity contribution in [1.82, 2.24) is 10.3 Å². The van der Waals surface area contributed by atoms with Crippen LogP contribution in [0.15, 0.2) is 48.7 Å². The van der Waals surface area contributed by atoms with E-state index in [4.69, 9.17) is 0 Å². The third-order valence-corrected chi connectivity index (χ3v) is 3.40. The molecule has 4 nitrogen and oxygen atoms in total. The summed E-state index contributed by atoms with van der Waals surface area (Å²) in [6, 6.07) is 11.1. The SMILES string of the molecule is O=C(CCC(=O)c1ccc(F)cc1)NCCCc1ccccn1. The molecule has 0 saturated heterocycles. The van der Waals surface area contributed by atoms with E-state index >= 15 is 0 Å². The molecule has 0 bridgehead atoms. The Morgan fingerprint density at radius 1 is 1.04 bits per heavy atom. The first-order valence-corrected chi connectivity index (χ1v) is 7.60. The molecule has 0 aliphatic rings. The van der Waals surface area contributed by atoms with Crippen LogP contribution in [0.5, 0.6) is 0 Å². The molecule has 1 aromatic carbocycles. The van der Waals surface area contributed by atoms with Crippen molar-refractivity contribution in [3.8, 4) is 0 Å². The number of rotatable bonds is 8. The zero-order valence-corrected chi connectivity index (χ0v) is 12.8. The lowest BCUT2D eigenvalue weighted by molar-refractivity contribution is -0.121. The Kier molecular flexibility index (Phi) is 6.41. The fourth-order valence-electron chi connectivity index (χ4n) is 2.14. The van der Waals surface area contributed by atoms with Crippen molar-refractivity contribution in [3.63, 3.8) is 0 Å². The van der Waals surface area contributed by atoms with E-state index in [0.717, 1.165) is 18.5 Å². The van der Waals surface area contributed by atoms with Crippen LogP contribution in [0.1, 0.15) is 35.3 Å². The first-order chi connectivity index (χ1) is 11.1. The second-order valence-electron chi connectivity index (χ2n) is 5.20. The Hall–Kier alpha value is -2.56. The van der Waals surface area contributed by atoms with Crippen molar-refractivity contribution >= 4 is 11.7 Å². The van der Waals surface area contributed by atoms with Gasteiger partial charge in [0.1, 0.15) is 5.82 Å². The second-order valence-corrected chi connectivity index (χ2v) is 5.20. The molecule has 1 heterocycles. The standard InChI is InChI=1S/C18H19FN2O2/c19-15-8-6-14(7-9-15)17(22)10-11-18(23)21-13-3-5-16-4-1-2-12-20-16/h1-2,4,6-9,12H,3,5,10-11,13H2,(H,21,23). The summed E-state index contributed by atoms with van der Waals surface area (Å²) in [6.45, 7) is 0.556. The maximum atomic E-state index is 12.8. The molecule has 120 valence electrons. The van der Waals surface area contributed by atoms with Gasteiger partial charge in [-0.1, -0.05) is 6.07 Å². The van der Waals surface area contributed by atoms with Crippen LogP contribution < -0.4 is 5.32 Å². The molecular weight excluding hydrogens is 295 g/mol. The van der Waals surface area contributed by atoms with Crippen LogP contribution in [0.25, 0.3) is 0 Å². The highest BCUT2D eigenvalue weighted by Crippen LogP contribution is 2.07. The van der Waals surface area contributed by atoms with E-state index in [1.165, 1.54) is 24.3 Å². The number of amides is 1. The summed E-state index contributed by atoms with van der Waals surface area (Å²) in [5, 5.41) is 2.79. The number of carbonyl (C=O) groups is 2. The number of halogens is 1. The molecule has 0 saturated carbocycles. The van der Waals surface area contributed by atoms with E-state index in [2.05, 4.69) is 10.3 Å². The van der Waals surface area contributed by atoms with Crippen molar-refractivity contribution in [2.45, 2.75) is 25.7 Å². The first-order valence-electron chi connectivity index (χ1n) is 7.60. The average molecular weight is 314 g/mol. The normalized spacial score (nSPS) is 10.3. The number of aryl methyl sites for hydroxylation is 1. The molecule has 0 atom stereocenters. The molecule has 0 fully saturated rings. The van der Waals surface area contributed by atoms with E-state index < -0.39 is 0 Å². The fraction of sp³-hybridized carbons (Fsp3) is 0.278. The summed E-state index contributed by atoms with van der Waals surface area (Å²) in [4.78, 5) is 27.8. The summed E-state index contributed by atoms with van der Waals surface area (Å²) < 4.78 is 12.8. The van der Waals surface area contributed by atoms with E-state index in [0.29, 0.717) is 12.1 Å². The molecule has 0 unspecified atom stereocenters. The summed E-state index contributed by atoms with van der Waals surface area (Å²) in [5.74, 6) is -0.692. The third-order valence-electron chi connectivity index (χ3n) is 3.40. The zero-order valence-electron chi connectivity index (χ0n) is 12.8. The molecule has 2 rings (SSSR count). The topological polar surface area (TPSA) is 59.1 Å². The number of nitrogens with zero attached hydrogens (tertiary/aromatic N) is 1. The zero-order chi connectivity index (χ0) is 16.5. The van der Waals surface area contributed by atoms with Crippen LogP contribution >= 0.6 is 0 Å². The van der Waals surface area contributed by atoms with E-state index in [9.17, 15) is 14.0 Å². The molecule has 1 amide bonds. The quantitative estimate of drug-likeness (QED) is 0.602. The Morgan fingerprint density at radius 2 is 1.83 bits per heavy atom. The number of hydrogen-bond donors (Lipinski definition) is 1. The highest BCUT2D eigenvalue weighted by atomic mass is 19.1. The summed E-state index contributed by atoms with van der Waals surface area (Å²) >= 11 is 0. The van der Waals surface area contributed by atoms with Crippen molar-refractivity contribution in [3.05, 3.63) is 65.7 Å². The molecular formula is C18H19FN2O2. The van der Waals surface area contributed by atoms with E-state index in [-0.39, 0.29) is 30.3 Å². The molecule has 2 aromatic rings. The van der Waals surface area contributed by atoms with Crippen molar-refractivity contribution in [1.29, 1.82) is 0 Å². The lowest BCUT2D eigenvalue weighted by Gasteiger charge is -2.05. The minimum absolute atomic E-state index is 0.123. The molecule has 5 heteroatoms. The summed E-state index contributed by atoms with van der Waals surface area (Å²) in [5.41, 5.74) is 1.42. The highest BCUT2D eigenvalue weighted by Gasteiger charge is 2.09. The monoisotopic (exact) mass is 314 g/mol. The van der Waals surface area contributed by atoms with E-state index in [1.54, 1.807) is 6.20 Å². The molecule has 23 heavy (non-hydrogen) atoms. The second kappa shape index (κ2) is 8.78. The minimum Gasteiger partial charge on any atom is -0.356 e. The lowest BCUT2D eigenvalue weighted by Crippen LogP contribution is -2.25. The van der Waals surface area contributed by atoms with Crippen molar-refractivity contribution < 1.29 is 14.0 Å². The first kappa shape index (κ1) is 16.8. The van der Waals surface area contributed by atoms with Crippen LogP contribution in [0.2, 0.25) is 0 Å². The Bertz CT molecular complexity index is 642. The molecule has 0 radical (unpaired) electrons. The number of benzene rings is 1. The molecule has 1 aromatic heterocycles. The number of ketones is 1. The van der Waals surface area contributed by atoms with Crippen LogP contribution in [-0.4, -0.2) is 23.2 Å². The number of aromatic nitrogens is 1. The van der Waals surface area contributed by atoms with Gasteiger partial charge in [-0.25, -0.2) is 4.39 Å². The number of nitrogens with one attached hydrogen (secondary N) is 1. The van der Waals surface area contributed by atoms with Crippen LogP contribution in [0, 0.1) is 5.82 Å². The Labute approximate surface area is 134 Å². The van der Waals surface area contributed by atoms with Gasteiger partial charge in [-0.15, -0.1) is 0 Å². The molecule has 0 aliphatic heterocycles. The van der Waals surface area contributed by atoms with Gasteiger partial charge in [-0.2, -0.15) is 0 Å². The maximum Gasteiger partial charge on any atom is 0.220 e. The van der Waals surface area contributed by atoms with Gasteiger partial charge in [0, 0.05) is 36.8 Å². The van der Waals surface area contributed by atoms with Gasteiger partial charge in [0.25, 0.3) is 0 Å². The average Bonchev–Trinajstić information content (AvgIpc) is 2.58. The van der Waals surface area contributed by atoms with E-state index in [1.807, 2.05) is 18.2 Å². The number of carbonyl (C=O) groups excluding carboxylic acids is 2. The third kappa shape index (κ3) is 5.98. The molecule has 1 N–H and O–H groups in total. The predicted molar refractivity (Wildman–Crippen MR) is 85.5 cm³/mol. The van der Waals surface area contributed by atoms with Gasteiger partial charge in [0.15, 0.2) is 5.78 Å². The van der Waals surface area contributed by atoms with Gasteiger partial charge in [0.05, 0.1) is 0 Å². The fourth-order valence-corrected chi connectivity index (χ4v) is 2.14. The predicted octanol–water partition coefficient (Wildman–Crippen LogP) is 2.93.